The summed E-state index contributed by atoms with van der Waals surface area (Å²) in [6.07, 6.45) is 0. The predicted molar refractivity (Wildman–Crippen MR) is 141 cm³/mol. The Morgan fingerprint density at radius 2 is 1.56 bits per heavy atom. The lowest BCUT2D eigenvalue weighted by Gasteiger charge is -2.36. The first-order valence-electron chi connectivity index (χ1n) is 12.1. The van der Waals surface area contributed by atoms with Crippen LogP contribution in [0.1, 0.15) is 16.1 Å². The number of benzene rings is 3. The minimum atomic E-state index is -0.0329. The molecular weight excluding hydrogens is 452 g/mol. The second-order valence-corrected chi connectivity index (χ2v) is 8.79. The number of rotatable bonds is 6. The number of aryl methyl sites for hydroxylation is 1. The summed E-state index contributed by atoms with van der Waals surface area (Å²) in [5, 5.41) is 4.84. The molecule has 0 unspecified atom stereocenters. The van der Waals surface area contributed by atoms with Gasteiger partial charge >= 0.3 is 0 Å². The van der Waals surface area contributed by atoms with Crippen molar-refractivity contribution in [1.82, 2.24) is 14.7 Å². The van der Waals surface area contributed by atoms with Gasteiger partial charge < -0.3 is 19.3 Å². The van der Waals surface area contributed by atoms with Gasteiger partial charge in [0.05, 0.1) is 25.6 Å². The molecule has 1 amide bonds. The quantitative estimate of drug-likeness (QED) is 0.394. The van der Waals surface area contributed by atoms with E-state index < -0.39 is 0 Å². The topological polar surface area (TPSA) is 59.8 Å². The zero-order valence-corrected chi connectivity index (χ0v) is 20.8. The van der Waals surface area contributed by atoms with E-state index in [4.69, 9.17) is 14.6 Å². The molecule has 7 heteroatoms. The fourth-order valence-corrected chi connectivity index (χ4v) is 4.67. The number of amides is 1. The molecule has 0 N–H and O–H groups in total. The average molecular weight is 483 g/mol. The third-order valence-electron chi connectivity index (χ3n) is 6.64. The number of methoxy groups -OCH3 is 2. The maximum Gasteiger partial charge on any atom is 0.272 e. The van der Waals surface area contributed by atoms with Gasteiger partial charge in [0.25, 0.3) is 5.91 Å². The SMILES string of the molecule is COc1ccc(-c2cc(C(=O)N3CCN(c4ccccc4C)CC3)n(-c3ccccc3)n2)c(OC)c1. The van der Waals surface area contributed by atoms with Crippen molar-refractivity contribution in [2.75, 3.05) is 45.3 Å². The van der Waals surface area contributed by atoms with Crippen LogP contribution in [0.4, 0.5) is 5.69 Å². The highest BCUT2D eigenvalue weighted by Gasteiger charge is 2.27. The third kappa shape index (κ3) is 4.52. The first kappa shape index (κ1) is 23.5. The normalized spacial score (nSPS) is 13.5. The molecule has 1 aliphatic rings. The van der Waals surface area contributed by atoms with E-state index >= 15 is 0 Å². The number of nitrogens with zero attached hydrogens (tertiary/aromatic N) is 4. The molecule has 0 spiro atoms. The lowest BCUT2D eigenvalue weighted by Crippen LogP contribution is -2.49. The summed E-state index contributed by atoms with van der Waals surface area (Å²) in [7, 11) is 3.24. The summed E-state index contributed by atoms with van der Waals surface area (Å²) in [5.41, 5.74) is 5.30. The van der Waals surface area contributed by atoms with Gasteiger partial charge in [0, 0.05) is 43.5 Å². The Kier molecular flexibility index (Phi) is 6.62. The van der Waals surface area contributed by atoms with Gasteiger partial charge in [0.1, 0.15) is 17.2 Å². The molecule has 0 saturated carbocycles. The number of hydrogen-bond donors (Lipinski definition) is 0. The molecule has 36 heavy (non-hydrogen) atoms. The van der Waals surface area contributed by atoms with Crippen LogP contribution in [0.5, 0.6) is 11.5 Å². The Bertz CT molecular complexity index is 1360. The van der Waals surface area contributed by atoms with Gasteiger partial charge in [0.15, 0.2) is 0 Å². The van der Waals surface area contributed by atoms with Gasteiger partial charge in [-0.15, -0.1) is 0 Å². The summed E-state index contributed by atoms with van der Waals surface area (Å²) in [4.78, 5) is 18.1. The van der Waals surface area contributed by atoms with Crippen LogP contribution in [0, 0.1) is 6.92 Å². The molecule has 0 radical (unpaired) electrons. The Morgan fingerprint density at radius 1 is 0.833 bits per heavy atom. The first-order chi connectivity index (χ1) is 17.6. The highest BCUT2D eigenvalue weighted by atomic mass is 16.5. The predicted octanol–water partition coefficient (Wildman–Crippen LogP) is 4.83. The van der Waals surface area contributed by atoms with Gasteiger partial charge in [-0.3, -0.25) is 4.79 Å². The summed E-state index contributed by atoms with van der Waals surface area (Å²) in [6.45, 7) is 4.99. The average Bonchev–Trinajstić information content (AvgIpc) is 3.38. The van der Waals surface area contributed by atoms with E-state index in [9.17, 15) is 4.79 Å². The number of para-hydroxylation sites is 2. The third-order valence-corrected chi connectivity index (χ3v) is 6.64. The van der Waals surface area contributed by atoms with E-state index in [0.717, 1.165) is 24.3 Å². The van der Waals surface area contributed by atoms with Crippen molar-refractivity contribution in [3.05, 3.63) is 90.1 Å². The maximum absolute atomic E-state index is 13.8. The van der Waals surface area contributed by atoms with Crippen molar-refractivity contribution in [3.8, 4) is 28.4 Å². The lowest BCUT2D eigenvalue weighted by molar-refractivity contribution is 0.0737. The van der Waals surface area contributed by atoms with E-state index in [2.05, 4.69) is 36.1 Å². The van der Waals surface area contributed by atoms with E-state index in [1.165, 1.54) is 11.3 Å². The molecule has 1 saturated heterocycles. The van der Waals surface area contributed by atoms with Crippen LogP contribution in [0.15, 0.2) is 78.9 Å². The van der Waals surface area contributed by atoms with E-state index in [-0.39, 0.29) is 5.91 Å². The van der Waals surface area contributed by atoms with E-state index in [1.807, 2.05) is 59.5 Å². The molecule has 1 fully saturated rings. The molecule has 4 aromatic rings. The number of ether oxygens (including phenoxy) is 2. The van der Waals surface area contributed by atoms with Crippen molar-refractivity contribution in [3.63, 3.8) is 0 Å². The Labute approximate surface area is 211 Å². The number of anilines is 1. The zero-order chi connectivity index (χ0) is 25.1. The van der Waals surface area contributed by atoms with Crippen LogP contribution >= 0.6 is 0 Å². The number of piperazine rings is 1. The Hall–Kier alpha value is -4.26. The van der Waals surface area contributed by atoms with Crippen LogP contribution in [0.3, 0.4) is 0 Å². The maximum atomic E-state index is 13.8. The second-order valence-electron chi connectivity index (χ2n) is 8.79. The van der Waals surface area contributed by atoms with Crippen LogP contribution in [-0.4, -0.2) is 61.0 Å². The summed E-state index contributed by atoms with van der Waals surface area (Å²) in [6, 6.07) is 25.6. The Balaban J connectivity index is 1.46. The molecule has 0 atom stereocenters. The van der Waals surface area contributed by atoms with Crippen LogP contribution in [0.2, 0.25) is 0 Å². The van der Waals surface area contributed by atoms with Crippen LogP contribution in [0.25, 0.3) is 16.9 Å². The second kappa shape index (κ2) is 10.2. The van der Waals surface area contributed by atoms with Crippen molar-refractivity contribution in [1.29, 1.82) is 0 Å². The van der Waals surface area contributed by atoms with E-state index in [1.54, 1.807) is 18.9 Å². The monoisotopic (exact) mass is 482 g/mol. The largest absolute Gasteiger partial charge is 0.497 e. The standard InChI is InChI=1S/C29H30N4O3/c1-21-9-7-8-12-26(21)31-15-17-32(18-16-31)29(34)27-20-25(30-33(27)22-10-5-4-6-11-22)24-14-13-23(35-2)19-28(24)36-3/h4-14,19-20H,15-18H2,1-3H3. The summed E-state index contributed by atoms with van der Waals surface area (Å²) in [5.74, 6) is 1.30. The number of hydrogen-bond acceptors (Lipinski definition) is 5. The molecule has 2 heterocycles. The summed E-state index contributed by atoms with van der Waals surface area (Å²) >= 11 is 0. The van der Waals surface area contributed by atoms with Crippen molar-refractivity contribution >= 4 is 11.6 Å². The molecule has 5 rings (SSSR count). The highest BCUT2D eigenvalue weighted by molar-refractivity contribution is 5.95. The minimum absolute atomic E-state index is 0.0329. The van der Waals surface area contributed by atoms with Gasteiger partial charge in [0.2, 0.25) is 0 Å². The van der Waals surface area contributed by atoms with Gasteiger partial charge in [-0.1, -0.05) is 36.4 Å². The molecular formula is C29H30N4O3. The molecule has 1 aromatic heterocycles. The van der Waals surface area contributed by atoms with Crippen molar-refractivity contribution in [2.24, 2.45) is 0 Å². The van der Waals surface area contributed by atoms with Gasteiger partial charge in [-0.05, 0) is 48.9 Å². The lowest BCUT2D eigenvalue weighted by atomic mass is 10.1. The van der Waals surface area contributed by atoms with Crippen LogP contribution in [-0.2, 0) is 0 Å². The smallest absolute Gasteiger partial charge is 0.272 e. The van der Waals surface area contributed by atoms with Crippen molar-refractivity contribution in [2.45, 2.75) is 6.92 Å². The van der Waals surface area contributed by atoms with Gasteiger partial charge in [-0.2, -0.15) is 5.10 Å². The molecule has 1 aliphatic heterocycles. The molecule has 0 bridgehead atoms. The molecule has 184 valence electrons. The Morgan fingerprint density at radius 3 is 2.25 bits per heavy atom. The number of aromatic nitrogens is 2. The first-order valence-corrected chi connectivity index (χ1v) is 12.1. The van der Waals surface area contributed by atoms with E-state index in [0.29, 0.717) is 36.0 Å². The van der Waals surface area contributed by atoms with Crippen LogP contribution < -0.4 is 14.4 Å². The minimum Gasteiger partial charge on any atom is -0.497 e. The number of carbonyl (C=O) groups is 1. The molecule has 3 aromatic carbocycles. The number of carbonyl (C=O) groups excluding carboxylic acids is 1. The zero-order valence-electron chi connectivity index (χ0n) is 20.8. The molecule has 7 nitrogen and oxygen atoms in total. The van der Waals surface area contributed by atoms with Crippen molar-refractivity contribution < 1.29 is 14.3 Å². The van der Waals surface area contributed by atoms with Gasteiger partial charge in [-0.25, -0.2) is 4.68 Å². The fraction of sp³-hybridized carbons (Fsp3) is 0.241. The summed E-state index contributed by atoms with van der Waals surface area (Å²) < 4.78 is 12.7. The fourth-order valence-electron chi connectivity index (χ4n) is 4.67. The highest BCUT2D eigenvalue weighted by Crippen LogP contribution is 2.34. The molecule has 0 aliphatic carbocycles.